The van der Waals surface area contributed by atoms with Gasteiger partial charge in [0.15, 0.2) is 0 Å². The summed E-state index contributed by atoms with van der Waals surface area (Å²) in [6, 6.07) is 0. The van der Waals surface area contributed by atoms with Crippen LogP contribution in [0.2, 0.25) is 0 Å². The summed E-state index contributed by atoms with van der Waals surface area (Å²) in [6.07, 6.45) is 3.13. The van der Waals surface area contributed by atoms with Gasteiger partial charge in [0, 0.05) is 18.5 Å². The van der Waals surface area contributed by atoms with E-state index in [1.54, 1.807) is 0 Å². The van der Waals surface area contributed by atoms with E-state index in [0.29, 0.717) is 11.4 Å². The fraction of sp³-hybridized carbons (Fsp3) is 0.615. The number of rotatable bonds is 3. The first kappa shape index (κ1) is 14.1. The molecule has 0 fully saturated rings. The average molecular weight is 280 g/mol. The van der Waals surface area contributed by atoms with Gasteiger partial charge in [-0.25, -0.2) is 0 Å². The van der Waals surface area contributed by atoms with E-state index in [1.807, 2.05) is 20.8 Å². The number of amides is 1. The molecule has 0 radical (unpaired) electrons. The van der Waals surface area contributed by atoms with Crippen molar-refractivity contribution in [3.05, 3.63) is 22.2 Å². The van der Waals surface area contributed by atoms with Crippen molar-refractivity contribution in [2.45, 2.75) is 32.6 Å². The minimum Gasteiger partial charge on any atom is -0.347 e. The molecular formula is C13H20N4OS. The van der Waals surface area contributed by atoms with Crippen LogP contribution in [0.15, 0.2) is 11.6 Å². The SMILES string of the molecule is CC(C)(C)c1nnsc1C(=O)NCC1=CCNCC1. The monoisotopic (exact) mass is 280 g/mol. The van der Waals surface area contributed by atoms with Gasteiger partial charge in [0.1, 0.15) is 4.88 Å². The summed E-state index contributed by atoms with van der Waals surface area (Å²) in [4.78, 5) is 12.8. The molecule has 2 N–H and O–H groups in total. The lowest BCUT2D eigenvalue weighted by Gasteiger charge is -2.17. The Morgan fingerprint density at radius 2 is 2.32 bits per heavy atom. The van der Waals surface area contributed by atoms with Crippen LogP contribution < -0.4 is 10.6 Å². The minimum atomic E-state index is -0.159. The Bertz CT molecular complexity index is 487. The van der Waals surface area contributed by atoms with Crippen molar-refractivity contribution >= 4 is 17.4 Å². The zero-order valence-electron chi connectivity index (χ0n) is 11.6. The van der Waals surface area contributed by atoms with Crippen molar-refractivity contribution < 1.29 is 4.79 Å². The van der Waals surface area contributed by atoms with Crippen LogP contribution in [0.25, 0.3) is 0 Å². The highest BCUT2D eigenvalue weighted by molar-refractivity contribution is 7.08. The maximum Gasteiger partial charge on any atom is 0.265 e. The number of hydrogen-bond donors (Lipinski definition) is 2. The Hall–Kier alpha value is -1.27. The molecule has 19 heavy (non-hydrogen) atoms. The van der Waals surface area contributed by atoms with Crippen molar-refractivity contribution in [3.8, 4) is 0 Å². The van der Waals surface area contributed by atoms with E-state index in [4.69, 9.17) is 0 Å². The number of nitrogens with zero attached hydrogens (tertiary/aromatic N) is 2. The third kappa shape index (κ3) is 3.61. The van der Waals surface area contributed by atoms with Gasteiger partial charge in [-0.15, -0.1) is 5.10 Å². The largest absolute Gasteiger partial charge is 0.347 e. The molecule has 1 aromatic heterocycles. The first-order valence-electron chi connectivity index (χ1n) is 6.48. The van der Waals surface area contributed by atoms with Crippen LogP contribution in [0.5, 0.6) is 0 Å². The summed E-state index contributed by atoms with van der Waals surface area (Å²) in [5.41, 5.74) is 1.89. The van der Waals surface area contributed by atoms with Gasteiger partial charge >= 0.3 is 0 Å². The van der Waals surface area contributed by atoms with Crippen molar-refractivity contribution in [2.75, 3.05) is 19.6 Å². The van der Waals surface area contributed by atoms with Crippen molar-refractivity contribution in [1.82, 2.24) is 20.2 Å². The molecule has 0 bridgehead atoms. The Labute approximate surface area is 117 Å². The summed E-state index contributed by atoms with van der Waals surface area (Å²) in [7, 11) is 0. The van der Waals surface area contributed by atoms with E-state index >= 15 is 0 Å². The van der Waals surface area contributed by atoms with Gasteiger partial charge in [0.2, 0.25) is 0 Å². The molecule has 0 saturated heterocycles. The van der Waals surface area contributed by atoms with Crippen LogP contribution in [-0.2, 0) is 5.41 Å². The highest BCUT2D eigenvalue weighted by Crippen LogP contribution is 2.25. The first-order chi connectivity index (χ1) is 8.98. The Morgan fingerprint density at radius 1 is 1.53 bits per heavy atom. The third-order valence-electron chi connectivity index (χ3n) is 3.04. The second kappa shape index (κ2) is 5.79. The van der Waals surface area contributed by atoms with Gasteiger partial charge in [0.25, 0.3) is 5.91 Å². The molecule has 5 nitrogen and oxygen atoms in total. The first-order valence-corrected chi connectivity index (χ1v) is 7.25. The van der Waals surface area contributed by atoms with Crippen LogP contribution in [0.3, 0.4) is 0 Å². The van der Waals surface area contributed by atoms with Crippen LogP contribution in [-0.4, -0.2) is 35.1 Å². The van der Waals surface area contributed by atoms with Gasteiger partial charge in [-0.3, -0.25) is 4.79 Å². The summed E-state index contributed by atoms with van der Waals surface area (Å²) >= 11 is 1.17. The lowest BCUT2D eigenvalue weighted by Crippen LogP contribution is -2.30. The zero-order valence-corrected chi connectivity index (χ0v) is 12.4. The molecule has 2 heterocycles. The Morgan fingerprint density at radius 3 is 2.95 bits per heavy atom. The molecule has 1 aromatic rings. The predicted octanol–water partition coefficient (Wildman–Crippen LogP) is 1.49. The van der Waals surface area contributed by atoms with Gasteiger partial charge in [0.05, 0.1) is 5.69 Å². The number of carbonyl (C=O) groups is 1. The molecule has 104 valence electrons. The quantitative estimate of drug-likeness (QED) is 0.823. The maximum absolute atomic E-state index is 12.2. The van der Waals surface area contributed by atoms with E-state index < -0.39 is 0 Å². The molecule has 0 atom stereocenters. The lowest BCUT2D eigenvalue weighted by molar-refractivity contribution is 0.0958. The number of carbonyl (C=O) groups excluding carboxylic acids is 1. The van der Waals surface area contributed by atoms with E-state index in [1.165, 1.54) is 17.1 Å². The fourth-order valence-corrected chi connectivity index (χ4v) is 2.73. The van der Waals surface area contributed by atoms with Crippen molar-refractivity contribution in [3.63, 3.8) is 0 Å². The minimum absolute atomic E-state index is 0.0700. The number of hydrogen-bond acceptors (Lipinski definition) is 5. The molecule has 2 rings (SSSR count). The van der Waals surface area contributed by atoms with Crippen molar-refractivity contribution in [1.29, 1.82) is 0 Å². The molecule has 1 aliphatic rings. The summed E-state index contributed by atoms with van der Waals surface area (Å²) in [5.74, 6) is -0.0700. The van der Waals surface area contributed by atoms with E-state index in [-0.39, 0.29) is 11.3 Å². The van der Waals surface area contributed by atoms with E-state index in [9.17, 15) is 4.79 Å². The van der Waals surface area contributed by atoms with Crippen molar-refractivity contribution in [2.24, 2.45) is 0 Å². The maximum atomic E-state index is 12.2. The van der Waals surface area contributed by atoms with E-state index in [0.717, 1.165) is 25.2 Å². The molecular weight excluding hydrogens is 260 g/mol. The Balaban J connectivity index is 2.00. The Kier molecular flexibility index (Phi) is 4.31. The number of nitrogens with one attached hydrogen (secondary N) is 2. The smallest absolute Gasteiger partial charge is 0.265 e. The molecule has 6 heteroatoms. The van der Waals surface area contributed by atoms with Gasteiger partial charge in [-0.2, -0.15) is 0 Å². The fourth-order valence-electron chi connectivity index (χ4n) is 1.93. The summed E-state index contributed by atoms with van der Waals surface area (Å²) < 4.78 is 3.91. The second-order valence-electron chi connectivity index (χ2n) is 5.70. The summed E-state index contributed by atoms with van der Waals surface area (Å²) in [5, 5.41) is 10.3. The number of aromatic nitrogens is 2. The normalized spacial score (nSPS) is 16.1. The molecule has 0 saturated carbocycles. The van der Waals surface area contributed by atoms with E-state index in [2.05, 4.69) is 26.3 Å². The standard InChI is InChI=1S/C13H20N4OS/c1-13(2,3)11-10(19-17-16-11)12(18)15-8-9-4-6-14-7-5-9/h4,14H,5-8H2,1-3H3,(H,15,18). The zero-order chi connectivity index (χ0) is 13.9. The average Bonchev–Trinajstić information content (AvgIpc) is 2.86. The van der Waals surface area contributed by atoms with Gasteiger partial charge in [-0.05, 0) is 24.5 Å². The van der Waals surface area contributed by atoms with Crippen LogP contribution >= 0.6 is 11.5 Å². The van der Waals surface area contributed by atoms with Crippen LogP contribution in [0.4, 0.5) is 0 Å². The molecule has 0 aromatic carbocycles. The van der Waals surface area contributed by atoms with Gasteiger partial charge in [-0.1, -0.05) is 36.9 Å². The third-order valence-corrected chi connectivity index (χ3v) is 3.76. The summed E-state index contributed by atoms with van der Waals surface area (Å²) in [6.45, 7) is 8.60. The molecule has 1 aliphatic heterocycles. The molecule has 0 aliphatic carbocycles. The van der Waals surface area contributed by atoms with Crippen LogP contribution in [0, 0.1) is 0 Å². The molecule has 0 unspecified atom stereocenters. The lowest BCUT2D eigenvalue weighted by atomic mass is 9.91. The molecule has 0 spiro atoms. The topological polar surface area (TPSA) is 66.9 Å². The van der Waals surface area contributed by atoms with Gasteiger partial charge < -0.3 is 10.6 Å². The second-order valence-corrected chi connectivity index (χ2v) is 6.45. The predicted molar refractivity (Wildman–Crippen MR) is 76.5 cm³/mol. The van der Waals surface area contributed by atoms with Crippen LogP contribution in [0.1, 0.15) is 42.6 Å². The highest BCUT2D eigenvalue weighted by Gasteiger charge is 2.26. The molecule has 1 amide bonds. The highest BCUT2D eigenvalue weighted by atomic mass is 32.1.